The van der Waals surface area contributed by atoms with Crippen molar-refractivity contribution in [2.75, 3.05) is 18.2 Å². The molecule has 0 aliphatic heterocycles. The Morgan fingerprint density at radius 3 is 2.64 bits per heavy atom. The number of rotatable bonds is 8. The lowest BCUT2D eigenvalue weighted by atomic mass is 10.0. The summed E-state index contributed by atoms with van der Waals surface area (Å²) in [6.07, 6.45) is 3.67. The Balaban J connectivity index is 1.56. The summed E-state index contributed by atoms with van der Waals surface area (Å²) >= 11 is 7.59. The number of nitrogens with one attached hydrogen (secondary N) is 3. The van der Waals surface area contributed by atoms with Crippen LogP contribution in [0.2, 0.25) is 5.02 Å². The van der Waals surface area contributed by atoms with Gasteiger partial charge in [-0.05, 0) is 42.5 Å². The number of aliphatic hydroxyl groups is 1. The number of aliphatic hydroxyl groups excluding tert-OH is 1. The maximum absolute atomic E-state index is 13.0. The van der Waals surface area contributed by atoms with Gasteiger partial charge in [0.2, 0.25) is 0 Å². The summed E-state index contributed by atoms with van der Waals surface area (Å²) in [6, 6.07) is 14.7. The zero-order valence-electron chi connectivity index (χ0n) is 19.1. The number of hydrogen-bond donors (Lipinski definition) is 4. The number of H-pyrrole nitrogens is 1. The molecule has 184 valence electrons. The molecule has 4 rings (SSSR count). The normalized spacial score (nSPS) is 11.8. The number of benzene rings is 2. The largest absolute Gasteiger partial charge is 0.396 e. The minimum atomic E-state index is -0.700. The number of carbonyl (C=O) groups is 2. The summed E-state index contributed by atoms with van der Waals surface area (Å²) in [7, 11) is 0. The Kier molecular flexibility index (Phi) is 7.99. The molecule has 0 saturated carbocycles. The first-order valence-electron chi connectivity index (χ1n) is 10.9. The molecule has 2 aromatic heterocycles. The molecule has 1 atom stereocenters. The number of thioether (sulfide) groups is 1. The van der Waals surface area contributed by atoms with Crippen molar-refractivity contribution in [1.82, 2.24) is 20.3 Å². The minimum absolute atomic E-state index is 0.105. The first-order valence-corrected chi connectivity index (χ1v) is 12.5. The van der Waals surface area contributed by atoms with Gasteiger partial charge < -0.3 is 20.7 Å². The molecule has 0 bridgehead atoms. The van der Waals surface area contributed by atoms with Crippen molar-refractivity contribution >= 4 is 51.9 Å². The monoisotopic (exact) mass is 523 g/mol. The van der Waals surface area contributed by atoms with Crippen LogP contribution in [0, 0.1) is 0 Å². The summed E-state index contributed by atoms with van der Waals surface area (Å²) in [5.74, 6) is -1.11. The molecule has 11 heteroatoms. The van der Waals surface area contributed by atoms with Crippen LogP contribution in [0.5, 0.6) is 0 Å². The second-order valence-corrected chi connectivity index (χ2v) is 8.95. The van der Waals surface area contributed by atoms with Crippen LogP contribution in [0.1, 0.15) is 38.7 Å². The van der Waals surface area contributed by atoms with E-state index in [4.69, 9.17) is 11.6 Å². The number of amides is 2. The Morgan fingerprint density at radius 2 is 1.92 bits per heavy atom. The van der Waals surface area contributed by atoms with E-state index in [1.165, 1.54) is 42.2 Å². The molecule has 4 aromatic rings. The lowest BCUT2D eigenvalue weighted by Gasteiger charge is -2.19. The summed E-state index contributed by atoms with van der Waals surface area (Å²) in [5.41, 5.74) is 0.821. The average Bonchev–Trinajstić information content (AvgIpc) is 2.89. The zero-order chi connectivity index (χ0) is 25.7. The number of aromatic nitrogens is 3. The summed E-state index contributed by atoms with van der Waals surface area (Å²) < 4.78 is 0. The Morgan fingerprint density at radius 1 is 1.14 bits per heavy atom. The van der Waals surface area contributed by atoms with Gasteiger partial charge in [0, 0.05) is 23.8 Å². The number of hydrogen-bond acceptors (Lipinski definition) is 7. The number of aromatic amines is 1. The molecule has 4 N–H and O–H groups in total. The molecule has 0 aliphatic rings. The number of anilines is 1. The smallest absolute Gasteiger partial charge is 0.262 e. The van der Waals surface area contributed by atoms with Gasteiger partial charge in [0.05, 0.1) is 16.8 Å². The molecule has 2 aromatic carbocycles. The van der Waals surface area contributed by atoms with E-state index in [2.05, 4.69) is 25.6 Å². The molecule has 0 radical (unpaired) electrons. The first kappa shape index (κ1) is 25.4. The van der Waals surface area contributed by atoms with Gasteiger partial charge in [-0.1, -0.05) is 53.7 Å². The molecule has 0 fully saturated rings. The van der Waals surface area contributed by atoms with Crippen LogP contribution in [0.4, 0.5) is 5.69 Å². The van der Waals surface area contributed by atoms with Crippen molar-refractivity contribution in [1.29, 1.82) is 0 Å². The van der Waals surface area contributed by atoms with Crippen molar-refractivity contribution in [2.45, 2.75) is 17.6 Å². The number of carbonyl (C=O) groups excluding carboxylic acids is 2. The van der Waals surface area contributed by atoms with E-state index in [9.17, 15) is 19.5 Å². The highest BCUT2D eigenvalue weighted by Gasteiger charge is 2.18. The van der Waals surface area contributed by atoms with Crippen molar-refractivity contribution in [3.05, 3.63) is 92.9 Å². The second-order valence-electron chi connectivity index (χ2n) is 7.77. The second kappa shape index (κ2) is 11.3. The Hall–Kier alpha value is -3.73. The van der Waals surface area contributed by atoms with Gasteiger partial charge in [-0.2, -0.15) is 0 Å². The third-order valence-electron chi connectivity index (χ3n) is 5.40. The molecule has 1 unspecified atom stereocenters. The molecule has 2 amide bonds. The van der Waals surface area contributed by atoms with Gasteiger partial charge in [-0.15, -0.1) is 0 Å². The fourth-order valence-electron chi connectivity index (χ4n) is 3.57. The van der Waals surface area contributed by atoms with Crippen LogP contribution in [0.15, 0.2) is 70.7 Å². The maximum Gasteiger partial charge on any atom is 0.262 e. The highest BCUT2D eigenvalue weighted by Crippen LogP contribution is 2.25. The topological polar surface area (TPSA) is 137 Å². The van der Waals surface area contributed by atoms with Gasteiger partial charge in [0.15, 0.2) is 5.16 Å². The number of halogens is 1. The molecule has 0 saturated heterocycles. The van der Waals surface area contributed by atoms with Crippen molar-refractivity contribution in [3.8, 4) is 0 Å². The van der Waals surface area contributed by atoms with Gasteiger partial charge in [-0.25, -0.2) is 9.97 Å². The maximum atomic E-state index is 13.0. The van der Waals surface area contributed by atoms with Crippen molar-refractivity contribution in [3.63, 3.8) is 0 Å². The highest BCUT2D eigenvalue weighted by molar-refractivity contribution is 7.98. The van der Waals surface area contributed by atoms with Crippen molar-refractivity contribution in [2.24, 2.45) is 0 Å². The molecule has 2 heterocycles. The van der Waals surface area contributed by atoms with Crippen LogP contribution < -0.4 is 16.2 Å². The van der Waals surface area contributed by atoms with E-state index >= 15 is 0 Å². The van der Waals surface area contributed by atoms with Crippen LogP contribution in [-0.2, 0) is 0 Å². The third kappa shape index (κ3) is 5.73. The molecular formula is C25H22ClN5O4S. The zero-order valence-corrected chi connectivity index (χ0v) is 20.7. The first-order chi connectivity index (χ1) is 17.4. The molecule has 0 aliphatic carbocycles. The number of pyridine rings is 1. The summed E-state index contributed by atoms with van der Waals surface area (Å²) in [5, 5.41) is 16.1. The van der Waals surface area contributed by atoms with Gasteiger partial charge >= 0.3 is 0 Å². The lowest BCUT2D eigenvalue weighted by Crippen LogP contribution is -2.29. The minimum Gasteiger partial charge on any atom is -0.396 e. The van der Waals surface area contributed by atoms with Crippen LogP contribution in [0.3, 0.4) is 0 Å². The predicted octanol–water partition coefficient (Wildman–Crippen LogP) is 3.80. The Labute approximate surface area is 215 Å². The van der Waals surface area contributed by atoms with E-state index in [1.54, 1.807) is 0 Å². The lowest BCUT2D eigenvalue weighted by molar-refractivity contribution is 0.0928. The standard InChI is InChI=1S/C25H22ClN5O4S/c1-36-25-27-13-16-11-17(24(35)30-21(16)31-25)23(34)29-20-12-15(7-8-18(20)26)22(33)28-19(9-10-32)14-5-3-2-4-6-14/h2-8,11-13,19,32H,9-10H2,1H3,(H,28,33)(H,29,34)(H,27,30,31,35). The fraction of sp³-hybridized carbons (Fsp3) is 0.160. The Bertz CT molecular complexity index is 1480. The third-order valence-corrected chi connectivity index (χ3v) is 6.29. The SMILES string of the molecule is CSc1ncc2cc(C(=O)Nc3cc(C(=O)NC(CCO)c4ccccc4)ccc3Cl)c(=O)[nH]c2n1. The average molecular weight is 524 g/mol. The van der Waals surface area contributed by atoms with Crippen LogP contribution in [-0.4, -0.2) is 44.7 Å². The quantitative estimate of drug-likeness (QED) is 0.203. The highest BCUT2D eigenvalue weighted by atomic mass is 35.5. The molecule has 0 spiro atoms. The van der Waals surface area contributed by atoms with E-state index < -0.39 is 23.4 Å². The van der Waals surface area contributed by atoms with Crippen LogP contribution >= 0.6 is 23.4 Å². The predicted molar refractivity (Wildman–Crippen MR) is 140 cm³/mol. The summed E-state index contributed by atoms with van der Waals surface area (Å²) in [6.45, 7) is -0.105. The van der Waals surface area contributed by atoms with Gasteiger partial charge in [-0.3, -0.25) is 14.4 Å². The number of nitrogens with zero attached hydrogens (tertiary/aromatic N) is 2. The van der Waals surface area contributed by atoms with E-state index in [-0.39, 0.29) is 28.4 Å². The van der Waals surface area contributed by atoms with E-state index in [1.807, 2.05) is 36.6 Å². The van der Waals surface area contributed by atoms with E-state index in [0.29, 0.717) is 22.6 Å². The summed E-state index contributed by atoms with van der Waals surface area (Å²) in [4.78, 5) is 49.4. The van der Waals surface area contributed by atoms with Gasteiger partial charge in [0.25, 0.3) is 17.4 Å². The van der Waals surface area contributed by atoms with E-state index in [0.717, 1.165) is 5.56 Å². The van der Waals surface area contributed by atoms with Gasteiger partial charge in [0.1, 0.15) is 11.2 Å². The molecular weight excluding hydrogens is 502 g/mol. The fourth-order valence-corrected chi connectivity index (χ4v) is 4.08. The number of fused-ring (bicyclic) bond motifs is 1. The van der Waals surface area contributed by atoms with Crippen molar-refractivity contribution < 1.29 is 14.7 Å². The van der Waals surface area contributed by atoms with Crippen LogP contribution in [0.25, 0.3) is 11.0 Å². The molecule has 36 heavy (non-hydrogen) atoms. The molecule has 9 nitrogen and oxygen atoms in total.